The molecule has 2 aromatic carbocycles. The highest BCUT2D eigenvalue weighted by atomic mass is 16.5. The monoisotopic (exact) mass is 402 g/mol. The molecule has 0 aromatic heterocycles. The molecular weight excluding hydrogens is 376 g/mol. The quantitative estimate of drug-likeness (QED) is 0.683. The van der Waals surface area contributed by atoms with Crippen LogP contribution in [-0.4, -0.2) is 26.2 Å². The Morgan fingerprint density at radius 1 is 0.733 bits per heavy atom. The van der Waals surface area contributed by atoms with Gasteiger partial charge in [0.2, 0.25) is 0 Å². The number of methoxy groups -OCH3 is 2. The Bertz CT molecular complexity index is 1010. The van der Waals surface area contributed by atoms with Crippen molar-refractivity contribution in [2.75, 3.05) is 14.2 Å². The van der Waals surface area contributed by atoms with Crippen LogP contribution in [0.15, 0.2) is 60.7 Å². The Morgan fingerprint density at radius 2 is 1.13 bits per heavy atom. The summed E-state index contributed by atoms with van der Waals surface area (Å²) in [6.07, 6.45) is 4.88. The summed E-state index contributed by atoms with van der Waals surface area (Å²) in [6, 6.07) is 16.0. The van der Waals surface area contributed by atoms with Gasteiger partial charge in [0.25, 0.3) is 0 Å². The lowest BCUT2D eigenvalue weighted by Gasteiger charge is -2.48. The first kappa shape index (κ1) is 20.1. The minimum Gasteiger partial charge on any atom is -0.468 e. The van der Waals surface area contributed by atoms with Crippen LogP contribution in [0.5, 0.6) is 0 Å². The largest absolute Gasteiger partial charge is 0.468 e. The summed E-state index contributed by atoms with van der Waals surface area (Å²) < 4.78 is 10.6. The first-order valence-electron chi connectivity index (χ1n) is 10.1. The number of benzene rings is 2. The lowest BCUT2D eigenvalue weighted by atomic mass is 9.53. The summed E-state index contributed by atoms with van der Waals surface area (Å²) in [4.78, 5) is 26.4. The minimum atomic E-state index is -0.933. The molecule has 0 saturated carbocycles. The van der Waals surface area contributed by atoms with Gasteiger partial charge in [-0.05, 0) is 49.0 Å². The number of hydrogen-bond donors (Lipinski definition) is 0. The van der Waals surface area contributed by atoms with Crippen molar-refractivity contribution in [2.45, 2.75) is 26.7 Å². The normalized spacial score (nSPS) is 24.7. The average molecular weight is 402 g/mol. The number of carbonyl (C=O) groups excluding carboxylic acids is 2. The summed E-state index contributed by atoms with van der Waals surface area (Å²) >= 11 is 0. The van der Waals surface area contributed by atoms with Gasteiger partial charge >= 0.3 is 11.9 Å². The summed E-state index contributed by atoms with van der Waals surface area (Å²) in [5, 5.41) is 0. The number of rotatable bonds is 4. The third-order valence-electron chi connectivity index (χ3n) is 6.41. The molecule has 0 unspecified atom stereocenters. The molecule has 0 radical (unpaired) electrons. The predicted molar refractivity (Wildman–Crippen MR) is 116 cm³/mol. The number of fused-ring (bicyclic) bond motifs is 1. The molecule has 0 aliphatic heterocycles. The Morgan fingerprint density at radius 3 is 1.47 bits per heavy atom. The first-order chi connectivity index (χ1) is 14.4. The maximum Gasteiger partial charge on any atom is 0.320 e. The molecule has 0 saturated heterocycles. The van der Waals surface area contributed by atoms with Gasteiger partial charge in [-0.1, -0.05) is 71.8 Å². The minimum absolute atomic E-state index is 0.307. The van der Waals surface area contributed by atoms with E-state index in [4.69, 9.17) is 9.47 Å². The maximum absolute atomic E-state index is 13.2. The van der Waals surface area contributed by atoms with E-state index in [1.54, 1.807) is 0 Å². The Kier molecular flexibility index (Phi) is 4.89. The zero-order valence-electron chi connectivity index (χ0n) is 17.8. The molecule has 0 amide bonds. The summed E-state index contributed by atoms with van der Waals surface area (Å²) in [7, 11) is 2.84. The van der Waals surface area contributed by atoms with E-state index in [0.717, 1.165) is 33.4 Å². The number of hydrogen-bond acceptors (Lipinski definition) is 4. The molecular formula is C26H26O4. The SMILES string of the molecule is COC(=O)[C@@]12C=C(c3cccc(C)c3)[C@@](C(=O)OC)(C=C1c1cccc(C)c1)CC2. The van der Waals surface area contributed by atoms with Gasteiger partial charge in [-0.3, -0.25) is 9.59 Å². The zero-order valence-corrected chi connectivity index (χ0v) is 17.8. The predicted octanol–water partition coefficient (Wildman–Crippen LogP) is 4.90. The van der Waals surface area contributed by atoms with E-state index in [0.29, 0.717) is 12.8 Å². The van der Waals surface area contributed by atoms with Crippen molar-refractivity contribution in [3.63, 3.8) is 0 Å². The van der Waals surface area contributed by atoms with Crippen molar-refractivity contribution in [2.24, 2.45) is 10.8 Å². The van der Waals surface area contributed by atoms with E-state index < -0.39 is 10.8 Å². The lowest BCUT2D eigenvalue weighted by molar-refractivity contribution is -0.152. The Hall–Kier alpha value is -3.14. The fourth-order valence-corrected chi connectivity index (χ4v) is 4.93. The number of ether oxygens (including phenoxy) is 2. The molecule has 0 heterocycles. The van der Waals surface area contributed by atoms with Gasteiger partial charge < -0.3 is 9.47 Å². The van der Waals surface area contributed by atoms with Crippen LogP contribution in [0, 0.1) is 24.7 Å². The van der Waals surface area contributed by atoms with Gasteiger partial charge in [0.1, 0.15) is 10.8 Å². The molecule has 2 bridgehead atoms. The van der Waals surface area contributed by atoms with E-state index in [2.05, 4.69) is 0 Å². The van der Waals surface area contributed by atoms with Crippen LogP contribution in [0.1, 0.15) is 35.1 Å². The van der Waals surface area contributed by atoms with Crippen LogP contribution in [0.3, 0.4) is 0 Å². The second kappa shape index (κ2) is 7.28. The van der Waals surface area contributed by atoms with Gasteiger partial charge in [0, 0.05) is 0 Å². The van der Waals surface area contributed by atoms with E-state index >= 15 is 0 Å². The second-order valence-electron chi connectivity index (χ2n) is 8.28. The lowest BCUT2D eigenvalue weighted by Crippen LogP contribution is -2.47. The van der Waals surface area contributed by atoms with E-state index in [9.17, 15) is 9.59 Å². The van der Waals surface area contributed by atoms with Crippen molar-refractivity contribution >= 4 is 23.1 Å². The van der Waals surface area contributed by atoms with Gasteiger partial charge in [0.05, 0.1) is 14.2 Å². The van der Waals surface area contributed by atoms with Crippen molar-refractivity contribution in [3.05, 3.63) is 82.9 Å². The van der Waals surface area contributed by atoms with Crippen molar-refractivity contribution in [1.29, 1.82) is 0 Å². The molecule has 4 nitrogen and oxygen atoms in total. The van der Waals surface area contributed by atoms with Crippen LogP contribution in [0.25, 0.3) is 11.1 Å². The molecule has 4 heteroatoms. The molecule has 30 heavy (non-hydrogen) atoms. The maximum atomic E-state index is 13.2. The van der Waals surface area contributed by atoms with Gasteiger partial charge in [-0.25, -0.2) is 0 Å². The van der Waals surface area contributed by atoms with Crippen LogP contribution >= 0.6 is 0 Å². The van der Waals surface area contributed by atoms with Gasteiger partial charge in [-0.15, -0.1) is 0 Å². The number of aryl methyl sites for hydroxylation is 2. The fraction of sp³-hybridized carbons (Fsp3) is 0.308. The molecule has 0 N–H and O–H groups in total. The van der Waals surface area contributed by atoms with E-state index in [1.807, 2.05) is 74.5 Å². The highest BCUT2D eigenvalue weighted by Crippen LogP contribution is 2.61. The highest BCUT2D eigenvalue weighted by molar-refractivity contribution is 6.08. The standard InChI is InChI=1S/C26H26O4/c1-17-7-5-9-19(13-17)21-15-26(24(28)30-4)12-11-25(21,23(27)29-3)16-22(26)20-10-6-8-18(2)14-20/h5-10,13-16H,11-12H2,1-4H3/t25-,26-/m0/s1. The van der Waals surface area contributed by atoms with Gasteiger partial charge in [0.15, 0.2) is 0 Å². The highest BCUT2D eigenvalue weighted by Gasteiger charge is 2.58. The Balaban J connectivity index is 2.02. The van der Waals surface area contributed by atoms with Crippen molar-refractivity contribution in [1.82, 2.24) is 0 Å². The molecule has 3 aliphatic rings. The molecule has 154 valence electrons. The summed E-state index contributed by atoms with van der Waals surface area (Å²) in [6.45, 7) is 4.03. The van der Waals surface area contributed by atoms with Crippen molar-refractivity contribution < 1.29 is 19.1 Å². The van der Waals surface area contributed by atoms with Crippen LogP contribution in [0.2, 0.25) is 0 Å². The van der Waals surface area contributed by atoms with E-state index in [-0.39, 0.29) is 11.9 Å². The zero-order chi connectivity index (χ0) is 21.5. The molecule has 5 rings (SSSR count). The second-order valence-corrected chi connectivity index (χ2v) is 8.28. The van der Waals surface area contributed by atoms with Crippen LogP contribution in [0.4, 0.5) is 0 Å². The molecule has 3 aliphatic carbocycles. The van der Waals surface area contributed by atoms with Gasteiger partial charge in [-0.2, -0.15) is 0 Å². The third-order valence-corrected chi connectivity index (χ3v) is 6.41. The molecule has 2 aromatic rings. The average Bonchev–Trinajstić information content (AvgIpc) is 2.77. The third kappa shape index (κ3) is 2.90. The summed E-state index contributed by atoms with van der Waals surface area (Å²) in [5.41, 5.74) is 3.78. The first-order valence-corrected chi connectivity index (χ1v) is 10.1. The molecule has 0 fully saturated rings. The number of esters is 2. The topological polar surface area (TPSA) is 52.6 Å². The molecule has 0 spiro atoms. The molecule has 2 atom stereocenters. The van der Waals surface area contributed by atoms with Crippen molar-refractivity contribution in [3.8, 4) is 0 Å². The smallest absolute Gasteiger partial charge is 0.320 e. The van der Waals surface area contributed by atoms with Crippen LogP contribution in [-0.2, 0) is 19.1 Å². The Labute approximate surface area is 177 Å². The number of carbonyl (C=O) groups is 2. The van der Waals surface area contributed by atoms with Crippen LogP contribution < -0.4 is 0 Å². The fourth-order valence-electron chi connectivity index (χ4n) is 4.93. The van der Waals surface area contributed by atoms with E-state index in [1.165, 1.54) is 14.2 Å². The summed E-state index contributed by atoms with van der Waals surface area (Å²) in [5.74, 6) is -0.614.